The van der Waals surface area contributed by atoms with Crippen molar-refractivity contribution in [3.8, 4) is 11.5 Å². The first-order chi connectivity index (χ1) is 30.1. The lowest BCUT2D eigenvalue weighted by Gasteiger charge is -2.12. The van der Waals surface area contributed by atoms with Crippen LogP contribution in [-0.2, 0) is 12.8 Å². The van der Waals surface area contributed by atoms with Gasteiger partial charge in [-0.25, -0.2) is 0 Å². The van der Waals surface area contributed by atoms with E-state index in [1.54, 1.807) is 0 Å². The molecule has 3 heteroatoms. The van der Waals surface area contributed by atoms with Gasteiger partial charge in [0, 0.05) is 10.8 Å². The van der Waals surface area contributed by atoms with Crippen LogP contribution in [0.3, 0.4) is 0 Å². The van der Waals surface area contributed by atoms with E-state index in [4.69, 9.17) is 13.9 Å². The van der Waals surface area contributed by atoms with Gasteiger partial charge in [-0.15, -0.1) is 0 Å². The molecule has 0 spiro atoms. The summed E-state index contributed by atoms with van der Waals surface area (Å²) in [6, 6.07) is 48.7. The molecule has 0 radical (unpaired) electrons. The van der Waals surface area contributed by atoms with Gasteiger partial charge in [-0.05, 0) is 154 Å². The Morgan fingerprint density at radius 2 is 0.672 bits per heavy atom. The fraction of sp³-hybridized carbons (Fsp3) is 0.310. The van der Waals surface area contributed by atoms with E-state index in [1.165, 1.54) is 118 Å². The zero-order valence-corrected chi connectivity index (χ0v) is 36.2. The smallest absolute Gasteiger partial charge is 0.135 e. The highest BCUT2D eigenvalue weighted by molar-refractivity contribution is 6.07. The van der Waals surface area contributed by atoms with Gasteiger partial charge in [0.05, 0.1) is 13.2 Å². The summed E-state index contributed by atoms with van der Waals surface area (Å²) in [7, 11) is 0. The molecule has 0 bridgehead atoms. The second kappa shape index (κ2) is 19.3. The molecule has 1 aromatic heterocycles. The van der Waals surface area contributed by atoms with Crippen molar-refractivity contribution in [1.29, 1.82) is 0 Å². The van der Waals surface area contributed by atoms with Crippen molar-refractivity contribution in [2.45, 2.75) is 104 Å². The predicted octanol–water partition coefficient (Wildman–Crippen LogP) is 16.7. The standard InChI is InChI=1S/C58H60O3/c1-41-35-57-53(39-55(41)59-33-21-9-5-3-7-11-31-51-47-27-17-13-23-43(47)37-44-24-14-18-28-48(44)51)54-40-56(42(2)36-58(54)61-57)60-34-22-10-6-4-8-12-32-52-49-29-19-15-25-45(49)38-46-26-16-20-30-50(46)52/h13-20,23-30,35-40H,3-12,21-22,31-34H2,1-2H3. The molecule has 0 saturated heterocycles. The van der Waals surface area contributed by atoms with E-state index in [-0.39, 0.29) is 0 Å². The van der Waals surface area contributed by atoms with Gasteiger partial charge in [-0.1, -0.05) is 148 Å². The van der Waals surface area contributed by atoms with Crippen molar-refractivity contribution in [3.63, 3.8) is 0 Å². The van der Waals surface area contributed by atoms with Crippen LogP contribution < -0.4 is 9.47 Å². The van der Waals surface area contributed by atoms with Crippen LogP contribution in [0.1, 0.15) is 99.3 Å². The van der Waals surface area contributed by atoms with E-state index < -0.39 is 0 Å². The molecule has 9 aromatic rings. The SMILES string of the molecule is Cc1cc2oc3cc(C)c(OCCCCCCCCc4c5ccccc5cc5ccccc45)cc3c2cc1OCCCCCCCCc1c2ccccc2cc2ccccc12. The van der Waals surface area contributed by atoms with Crippen LogP contribution in [0.15, 0.2) is 138 Å². The Labute approximate surface area is 361 Å². The minimum atomic E-state index is 0.735. The largest absolute Gasteiger partial charge is 0.493 e. The Hall–Kier alpha value is -5.80. The minimum absolute atomic E-state index is 0.735. The molecule has 0 aliphatic carbocycles. The summed E-state index contributed by atoms with van der Waals surface area (Å²) < 4.78 is 19.1. The van der Waals surface area contributed by atoms with Crippen molar-refractivity contribution >= 4 is 65.0 Å². The molecule has 61 heavy (non-hydrogen) atoms. The molecular weight excluding hydrogens is 745 g/mol. The third-order valence-electron chi connectivity index (χ3n) is 13.0. The first-order valence-corrected chi connectivity index (χ1v) is 23.1. The predicted molar refractivity (Wildman–Crippen MR) is 260 cm³/mol. The van der Waals surface area contributed by atoms with Crippen LogP contribution in [-0.4, -0.2) is 13.2 Å². The zero-order valence-electron chi connectivity index (χ0n) is 36.2. The topological polar surface area (TPSA) is 31.6 Å². The maximum atomic E-state index is 6.39. The molecule has 3 nitrogen and oxygen atoms in total. The second-order valence-corrected chi connectivity index (χ2v) is 17.4. The summed E-state index contributed by atoms with van der Waals surface area (Å²) in [5.74, 6) is 1.90. The van der Waals surface area contributed by atoms with E-state index in [0.717, 1.165) is 83.5 Å². The molecule has 0 N–H and O–H groups in total. The summed E-state index contributed by atoms with van der Waals surface area (Å²) in [6.45, 7) is 5.71. The van der Waals surface area contributed by atoms with Crippen LogP contribution in [0.25, 0.3) is 65.0 Å². The van der Waals surface area contributed by atoms with Gasteiger partial charge >= 0.3 is 0 Å². The number of furan rings is 1. The maximum Gasteiger partial charge on any atom is 0.135 e. The Kier molecular flexibility index (Phi) is 12.8. The zero-order chi connectivity index (χ0) is 41.4. The number of ether oxygens (including phenoxy) is 2. The second-order valence-electron chi connectivity index (χ2n) is 17.4. The highest BCUT2D eigenvalue weighted by Gasteiger charge is 2.15. The molecule has 0 amide bonds. The van der Waals surface area contributed by atoms with Crippen molar-refractivity contribution in [3.05, 3.63) is 156 Å². The number of unbranched alkanes of at least 4 members (excludes halogenated alkanes) is 10. The average molecular weight is 805 g/mol. The Bertz CT molecular complexity index is 2610. The van der Waals surface area contributed by atoms with E-state index in [2.05, 4.69) is 147 Å². The molecule has 0 aliphatic heterocycles. The van der Waals surface area contributed by atoms with Crippen LogP contribution in [0.4, 0.5) is 0 Å². The minimum Gasteiger partial charge on any atom is -0.493 e. The van der Waals surface area contributed by atoms with E-state index in [1.807, 2.05) is 0 Å². The Morgan fingerprint density at radius 1 is 0.344 bits per heavy atom. The molecule has 0 atom stereocenters. The summed E-state index contributed by atoms with van der Waals surface area (Å²) in [6.07, 6.45) is 16.8. The molecular formula is C58H60O3. The lowest BCUT2D eigenvalue weighted by Crippen LogP contribution is -1.99. The van der Waals surface area contributed by atoms with Crippen LogP contribution in [0.5, 0.6) is 11.5 Å². The number of hydrogen-bond donors (Lipinski definition) is 0. The van der Waals surface area contributed by atoms with E-state index >= 15 is 0 Å². The molecule has 1 heterocycles. The van der Waals surface area contributed by atoms with Crippen molar-refractivity contribution in [1.82, 2.24) is 0 Å². The van der Waals surface area contributed by atoms with Gasteiger partial charge < -0.3 is 13.9 Å². The lowest BCUT2D eigenvalue weighted by molar-refractivity contribution is 0.302. The molecule has 8 aromatic carbocycles. The summed E-state index contributed by atoms with van der Waals surface area (Å²) in [4.78, 5) is 0. The summed E-state index contributed by atoms with van der Waals surface area (Å²) in [5.41, 5.74) is 7.05. The molecule has 0 saturated carbocycles. The Balaban J connectivity index is 0.703. The summed E-state index contributed by atoms with van der Waals surface area (Å²) >= 11 is 0. The molecule has 0 aliphatic rings. The first kappa shape index (κ1) is 40.6. The van der Waals surface area contributed by atoms with Gasteiger partial charge in [0.1, 0.15) is 22.7 Å². The van der Waals surface area contributed by atoms with Crippen molar-refractivity contribution in [2.75, 3.05) is 13.2 Å². The average Bonchev–Trinajstić information content (AvgIpc) is 3.62. The van der Waals surface area contributed by atoms with E-state index in [0.29, 0.717) is 0 Å². The first-order valence-electron chi connectivity index (χ1n) is 23.1. The third-order valence-corrected chi connectivity index (χ3v) is 13.0. The molecule has 9 rings (SSSR count). The number of hydrogen-bond acceptors (Lipinski definition) is 3. The monoisotopic (exact) mass is 804 g/mol. The molecule has 310 valence electrons. The quantitative estimate of drug-likeness (QED) is 0.0568. The third kappa shape index (κ3) is 9.27. The Morgan fingerprint density at radius 3 is 1.05 bits per heavy atom. The normalized spacial score (nSPS) is 11.8. The highest BCUT2D eigenvalue weighted by Crippen LogP contribution is 2.38. The van der Waals surface area contributed by atoms with Gasteiger partial charge in [0.15, 0.2) is 0 Å². The fourth-order valence-electron chi connectivity index (χ4n) is 9.68. The van der Waals surface area contributed by atoms with E-state index in [9.17, 15) is 0 Å². The van der Waals surface area contributed by atoms with Crippen molar-refractivity contribution in [2.24, 2.45) is 0 Å². The van der Waals surface area contributed by atoms with Crippen LogP contribution >= 0.6 is 0 Å². The van der Waals surface area contributed by atoms with Gasteiger partial charge in [-0.3, -0.25) is 0 Å². The number of rotatable bonds is 20. The number of benzene rings is 8. The maximum absolute atomic E-state index is 6.39. The van der Waals surface area contributed by atoms with Crippen molar-refractivity contribution < 1.29 is 13.9 Å². The summed E-state index contributed by atoms with van der Waals surface area (Å²) in [5, 5.41) is 13.2. The van der Waals surface area contributed by atoms with Crippen LogP contribution in [0, 0.1) is 13.8 Å². The van der Waals surface area contributed by atoms with Crippen LogP contribution in [0.2, 0.25) is 0 Å². The van der Waals surface area contributed by atoms with Gasteiger partial charge in [-0.2, -0.15) is 0 Å². The number of aryl methyl sites for hydroxylation is 4. The number of fused-ring (bicyclic) bond motifs is 7. The van der Waals surface area contributed by atoms with Gasteiger partial charge in [0.2, 0.25) is 0 Å². The highest BCUT2D eigenvalue weighted by atomic mass is 16.5. The lowest BCUT2D eigenvalue weighted by atomic mass is 9.93. The molecule has 0 fully saturated rings. The fourth-order valence-corrected chi connectivity index (χ4v) is 9.68. The van der Waals surface area contributed by atoms with Gasteiger partial charge in [0.25, 0.3) is 0 Å². The molecule has 0 unspecified atom stereocenters.